The van der Waals surface area contributed by atoms with Crippen molar-refractivity contribution in [2.75, 3.05) is 13.2 Å². The smallest absolute Gasteiger partial charge is 0.306 e. The van der Waals surface area contributed by atoms with Gasteiger partial charge >= 0.3 is 17.9 Å². The molecule has 68 heavy (non-hydrogen) atoms. The van der Waals surface area contributed by atoms with Crippen LogP contribution in [-0.2, 0) is 28.6 Å². The van der Waals surface area contributed by atoms with E-state index in [0.29, 0.717) is 19.3 Å². The van der Waals surface area contributed by atoms with Gasteiger partial charge in [0.25, 0.3) is 0 Å². The van der Waals surface area contributed by atoms with Crippen LogP contribution in [0.3, 0.4) is 0 Å². The van der Waals surface area contributed by atoms with Gasteiger partial charge in [-0.05, 0) is 109 Å². The third kappa shape index (κ3) is 53.3. The van der Waals surface area contributed by atoms with Crippen molar-refractivity contribution in [1.82, 2.24) is 0 Å². The highest BCUT2D eigenvalue weighted by molar-refractivity contribution is 5.71. The number of esters is 3. The maximum atomic E-state index is 12.9. The van der Waals surface area contributed by atoms with Gasteiger partial charge in [0.15, 0.2) is 6.10 Å². The van der Waals surface area contributed by atoms with Gasteiger partial charge in [0.2, 0.25) is 0 Å². The van der Waals surface area contributed by atoms with Crippen molar-refractivity contribution in [2.45, 2.75) is 264 Å². The lowest BCUT2D eigenvalue weighted by atomic mass is 10.1. The van der Waals surface area contributed by atoms with Gasteiger partial charge in [0.1, 0.15) is 13.2 Å². The Balaban J connectivity index is 4.39. The summed E-state index contributed by atoms with van der Waals surface area (Å²) in [4.78, 5) is 38.1. The van der Waals surface area contributed by atoms with E-state index in [1.54, 1.807) is 0 Å². The molecule has 0 rings (SSSR count). The van der Waals surface area contributed by atoms with Crippen LogP contribution in [0.25, 0.3) is 0 Å². The van der Waals surface area contributed by atoms with Crippen LogP contribution in [0, 0.1) is 0 Å². The largest absolute Gasteiger partial charge is 0.462 e. The maximum absolute atomic E-state index is 12.9. The molecule has 0 spiro atoms. The quantitative estimate of drug-likeness (QED) is 0.0199. The monoisotopic (exact) mass is 945 g/mol. The third-order valence-corrected chi connectivity index (χ3v) is 11.8. The second kappa shape index (κ2) is 55.9. The average molecular weight is 946 g/mol. The standard InChI is InChI=1S/C62H104O6/c1-4-7-10-13-16-19-22-25-27-29-31-33-35-37-40-43-46-49-52-55-61(64)67-58-59(57-66-60(63)54-51-48-45-42-39-24-21-18-15-12-9-6-3)68-62(65)56-53-50-47-44-41-38-36-34-32-30-28-26-23-20-17-14-11-8-5-2/h7,9-10,12,16-21,23,25-27,39,42,59H,4-6,8,11,13-15,22,24,28-38,40-41,43-58H2,1-3H3/b10-7-,12-9-,19-16-,20-17-,21-18-,26-23-,27-25-,42-39-. The number of rotatable bonds is 50. The van der Waals surface area contributed by atoms with Crippen molar-refractivity contribution < 1.29 is 28.6 Å². The predicted molar refractivity (Wildman–Crippen MR) is 293 cm³/mol. The molecule has 0 aliphatic rings. The van der Waals surface area contributed by atoms with Crippen LogP contribution >= 0.6 is 0 Å². The summed E-state index contributed by atoms with van der Waals surface area (Å²) in [5, 5.41) is 0. The second-order valence-electron chi connectivity index (χ2n) is 18.5. The van der Waals surface area contributed by atoms with Crippen LogP contribution in [0.4, 0.5) is 0 Å². The highest BCUT2D eigenvalue weighted by Crippen LogP contribution is 2.15. The van der Waals surface area contributed by atoms with Crippen molar-refractivity contribution in [3.05, 3.63) is 97.2 Å². The van der Waals surface area contributed by atoms with Crippen LogP contribution < -0.4 is 0 Å². The number of hydrogen-bond acceptors (Lipinski definition) is 6. The topological polar surface area (TPSA) is 78.9 Å². The zero-order valence-electron chi connectivity index (χ0n) is 44.3. The average Bonchev–Trinajstić information content (AvgIpc) is 3.34. The van der Waals surface area contributed by atoms with E-state index in [4.69, 9.17) is 14.2 Å². The number of ether oxygens (including phenoxy) is 3. The highest BCUT2D eigenvalue weighted by atomic mass is 16.6. The summed E-state index contributed by atoms with van der Waals surface area (Å²) in [7, 11) is 0. The Morgan fingerprint density at radius 1 is 0.324 bits per heavy atom. The van der Waals surface area contributed by atoms with Crippen LogP contribution in [0.2, 0.25) is 0 Å². The molecule has 0 amide bonds. The van der Waals surface area contributed by atoms with E-state index in [1.165, 1.54) is 122 Å². The fourth-order valence-corrected chi connectivity index (χ4v) is 7.64. The lowest BCUT2D eigenvalue weighted by Gasteiger charge is -2.18. The Bertz CT molecular complexity index is 1360. The van der Waals surface area contributed by atoms with E-state index >= 15 is 0 Å². The van der Waals surface area contributed by atoms with Gasteiger partial charge < -0.3 is 14.2 Å². The molecule has 0 saturated heterocycles. The summed E-state index contributed by atoms with van der Waals surface area (Å²) in [6.45, 7) is 6.35. The molecule has 0 aromatic heterocycles. The van der Waals surface area contributed by atoms with Crippen molar-refractivity contribution >= 4 is 17.9 Å². The molecule has 0 bridgehead atoms. The predicted octanol–water partition coefficient (Wildman–Crippen LogP) is 18.9. The molecule has 0 aliphatic heterocycles. The second-order valence-corrected chi connectivity index (χ2v) is 18.5. The third-order valence-electron chi connectivity index (χ3n) is 11.8. The van der Waals surface area contributed by atoms with Crippen molar-refractivity contribution in [1.29, 1.82) is 0 Å². The molecule has 0 aromatic rings. The van der Waals surface area contributed by atoms with E-state index in [1.807, 2.05) is 0 Å². The molecule has 0 radical (unpaired) electrons. The maximum Gasteiger partial charge on any atom is 0.306 e. The molecule has 0 saturated carbocycles. The van der Waals surface area contributed by atoms with E-state index in [-0.39, 0.29) is 31.1 Å². The first kappa shape index (κ1) is 64.3. The fraction of sp³-hybridized carbons (Fsp3) is 0.694. The van der Waals surface area contributed by atoms with Crippen molar-refractivity contribution in [3.8, 4) is 0 Å². The number of unbranched alkanes of at least 4 members (excludes halogenated alkanes) is 24. The minimum atomic E-state index is -0.798. The minimum Gasteiger partial charge on any atom is -0.462 e. The van der Waals surface area contributed by atoms with Gasteiger partial charge in [-0.15, -0.1) is 0 Å². The number of allylic oxidation sites excluding steroid dienone is 16. The Morgan fingerprint density at radius 2 is 0.618 bits per heavy atom. The van der Waals surface area contributed by atoms with Crippen molar-refractivity contribution in [3.63, 3.8) is 0 Å². The first-order chi connectivity index (χ1) is 33.5. The lowest BCUT2D eigenvalue weighted by Crippen LogP contribution is -2.30. The summed E-state index contributed by atoms with van der Waals surface area (Å²) < 4.78 is 16.8. The number of carbonyl (C=O) groups excluding carboxylic acids is 3. The fourth-order valence-electron chi connectivity index (χ4n) is 7.64. The minimum absolute atomic E-state index is 0.0942. The van der Waals surface area contributed by atoms with Gasteiger partial charge in [-0.2, -0.15) is 0 Å². The van der Waals surface area contributed by atoms with Gasteiger partial charge in [-0.25, -0.2) is 0 Å². The molecular weight excluding hydrogens is 841 g/mol. The van der Waals surface area contributed by atoms with Crippen LogP contribution in [0.1, 0.15) is 258 Å². The van der Waals surface area contributed by atoms with E-state index in [0.717, 1.165) is 96.3 Å². The van der Waals surface area contributed by atoms with Gasteiger partial charge in [-0.3, -0.25) is 14.4 Å². The summed E-state index contributed by atoms with van der Waals surface area (Å²) >= 11 is 0. The zero-order chi connectivity index (χ0) is 49.3. The van der Waals surface area contributed by atoms with Gasteiger partial charge in [0, 0.05) is 19.3 Å². The number of carbonyl (C=O) groups is 3. The Kier molecular flexibility index (Phi) is 52.9. The molecule has 388 valence electrons. The summed E-state index contributed by atoms with van der Waals surface area (Å²) in [5.74, 6) is -0.942. The summed E-state index contributed by atoms with van der Waals surface area (Å²) in [6, 6.07) is 0. The lowest BCUT2D eigenvalue weighted by molar-refractivity contribution is -0.167. The van der Waals surface area contributed by atoms with Gasteiger partial charge in [0.05, 0.1) is 0 Å². The molecule has 1 atom stereocenters. The van der Waals surface area contributed by atoms with E-state index in [9.17, 15) is 14.4 Å². The molecule has 6 heteroatoms. The molecule has 1 unspecified atom stereocenters. The van der Waals surface area contributed by atoms with Crippen LogP contribution in [0.5, 0.6) is 0 Å². The van der Waals surface area contributed by atoms with Crippen molar-refractivity contribution in [2.24, 2.45) is 0 Å². The van der Waals surface area contributed by atoms with E-state index in [2.05, 4.69) is 118 Å². The Hall–Kier alpha value is -3.67. The molecule has 6 nitrogen and oxygen atoms in total. The number of hydrogen-bond donors (Lipinski definition) is 0. The molecular formula is C62H104O6. The Labute approximate surface area is 419 Å². The van der Waals surface area contributed by atoms with Gasteiger partial charge in [-0.1, -0.05) is 227 Å². The highest BCUT2D eigenvalue weighted by Gasteiger charge is 2.19. The zero-order valence-corrected chi connectivity index (χ0v) is 44.3. The normalized spacial score (nSPS) is 12.8. The first-order valence-electron chi connectivity index (χ1n) is 28.3. The van der Waals surface area contributed by atoms with Crippen LogP contribution in [0.15, 0.2) is 97.2 Å². The molecule has 0 fully saturated rings. The summed E-state index contributed by atoms with van der Waals surface area (Å²) in [5.41, 5.74) is 0. The molecule has 0 N–H and O–H groups in total. The van der Waals surface area contributed by atoms with E-state index < -0.39 is 6.10 Å². The SMILES string of the molecule is CC/C=C\C/C=C\C/C=C\CCCCCCCCCCCC(=O)OCC(COC(=O)CCCC/C=C\C/C=C\C/C=C\CC)OC(=O)CCCCCCCCCCCC/C=C\C=C/CCCCC. The molecule has 0 aromatic carbocycles. The Morgan fingerprint density at radius 3 is 1.01 bits per heavy atom. The molecule has 0 heterocycles. The summed E-state index contributed by atoms with van der Waals surface area (Å²) in [6.07, 6.45) is 74.0. The molecule has 0 aliphatic carbocycles. The first-order valence-corrected chi connectivity index (χ1v) is 28.3. The van der Waals surface area contributed by atoms with Crippen LogP contribution in [-0.4, -0.2) is 37.2 Å².